The number of amides is 1. The highest BCUT2D eigenvalue weighted by molar-refractivity contribution is 8.00. The average molecular weight is 359 g/mol. The van der Waals surface area contributed by atoms with Crippen molar-refractivity contribution in [1.82, 2.24) is 5.43 Å². The van der Waals surface area contributed by atoms with E-state index < -0.39 is 0 Å². The first kappa shape index (κ1) is 17.6. The molecule has 0 unspecified atom stereocenters. The zero-order valence-electron chi connectivity index (χ0n) is 14.1. The molecule has 1 atom stereocenters. The molecule has 3 rings (SSSR count). The molecule has 0 aliphatic carbocycles. The summed E-state index contributed by atoms with van der Waals surface area (Å²) >= 11 is 1.49. The second-order valence-electron chi connectivity index (χ2n) is 5.58. The number of furan rings is 1. The minimum absolute atomic E-state index is 0.148. The molecule has 7 heteroatoms. The van der Waals surface area contributed by atoms with Crippen molar-refractivity contribution in [1.29, 1.82) is 0 Å². The summed E-state index contributed by atoms with van der Waals surface area (Å²) in [5, 5.41) is 3.75. The predicted molar refractivity (Wildman–Crippen MR) is 99.2 cm³/mol. The van der Waals surface area contributed by atoms with E-state index in [0.29, 0.717) is 19.0 Å². The summed E-state index contributed by atoms with van der Waals surface area (Å²) in [5.41, 5.74) is 2.56. The number of rotatable bonds is 6. The lowest BCUT2D eigenvalue weighted by Gasteiger charge is -2.26. The van der Waals surface area contributed by atoms with Gasteiger partial charge in [0, 0.05) is 24.1 Å². The fraction of sp³-hybridized carbons (Fsp3) is 0.333. The normalized spacial score (nSPS) is 16.1. The van der Waals surface area contributed by atoms with Gasteiger partial charge in [0.15, 0.2) is 5.88 Å². The van der Waals surface area contributed by atoms with Crippen molar-refractivity contribution in [3.05, 3.63) is 48.2 Å². The summed E-state index contributed by atoms with van der Waals surface area (Å²) < 4.78 is 11.1. The van der Waals surface area contributed by atoms with Crippen LogP contribution in [0.3, 0.4) is 0 Å². The third-order valence-corrected chi connectivity index (χ3v) is 4.84. The lowest BCUT2D eigenvalue weighted by atomic mass is 10.4. The van der Waals surface area contributed by atoms with Crippen molar-refractivity contribution >= 4 is 29.8 Å². The fourth-order valence-corrected chi connectivity index (χ4v) is 3.25. The fourth-order valence-electron chi connectivity index (χ4n) is 2.37. The molecule has 0 bridgehead atoms. The number of hydrazone groups is 1. The molecule has 0 saturated carbocycles. The first-order chi connectivity index (χ1) is 12.2. The Kier molecular flexibility index (Phi) is 6.14. The highest BCUT2D eigenvalue weighted by Gasteiger charge is 2.15. The van der Waals surface area contributed by atoms with E-state index in [-0.39, 0.29) is 11.2 Å². The Morgan fingerprint density at radius 2 is 2.00 bits per heavy atom. The van der Waals surface area contributed by atoms with Gasteiger partial charge in [0.1, 0.15) is 5.76 Å². The molecule has 1 saturated heterocycles. The Hall–Kier alpha value is -2.25. The summed E-state index contributed by atoms with van der Waals surface area (Å²) in [6, 6.07) is 13.6. The van der Waals surface area contributed by atoms with E-state index in [1.54, 1.807) is 0 Å². The van der Waals surface area contributed by atoms with Crippen molar-refractivity contribution in [2.75, 3.05) is 31.2 Å². The van der Waals surface area contributed by atoms with Crippen LogP contribution in [0.5, 0.6) is 0 Å². The first-order valence-corrected chi connectivity index (χ1v) is 9.07. The van der Waals surface area contributed by atoms with Crippen LogP contribution in [0.4, 0.5) is 5.88 Å². The number of morpholine rings is 1. The van der Waals surface area contributed by atoms with Crippen LogP contribution in [-0.4, -0.2) is 43.7 Å². The van der Waals surface area contributed by atoms with E-state index in [4.69, 9.17) is 9.15 Å². The molecule has 6 nitrogen and oxygen atoms in total. The number of carbonyl (C=O) groups is 1. The van der Waals surface area contributed by atoms with Gasteiger partial charge in [-0.3, -0.25) is 4.79 Å². The number of carbonyl (C=O) groups excluding carboxylic acids is 1. The number of benzene rings is 1. The van der Waals surface area contributed by atoms with Crippen molar-refractivity contribution in [3.63, 3.8) is 0 Å². The maximum Gasteiger partial charge on any atom is 0.253 e. The van der Waals surface area contributed by atoms with E-state index >= 15 is 0 Å². The Morgan fingerprint density at radius 1 is 1.24 bits per heavy atom. The largest absolute Gasteiger partial charge is 0.440 e. The molecule has 1 aromatic heterocycles. The Balaban J connectivity index is 1.49. The van der Waals surface area contributed by atoms with Crippen molar-refractivity contribution in [2.24, 2.45) is 5.10 Å². The smallest absolute Gasteiger partial charge is 0.253 e. The van der Waals surface area contributed by atoms with Gasteiger partial charge in [-0.05, 0) is 25.1 Å². The minimum Gasteiger partial charge on any atom is -0.440 e. The molecule has 25 heavy (non-hydrogen) atoms. The van der Waals surface area contributed by atoms with Gasteiger partial charge in [-0.25, -0.2) is 5.43 Å². The predicted octanol–water partition coefficient (Wildman–Crippen LogP) is 2.75. The molecule has 2 heterocycles. The lowest BCUT2D eigenvalue weighted by Crippen LogP contribution is -2.35. The monoisotopic (exact) mass is 359 g/mol. The van der Waals surface area contributed by atoms with Gasteiger partial charge < -0.3 is 14.1 Å². The molecule has 0 spiro atoms. The van der Waals surface area contributed by atoms with Crippen LogP contribution >= 0.6 is 11.8 Å². The summed E-state index contributed by atoms with van der Waals surface area (Å²) in [4.78, 5) is 15.3. The topological polar surface area (TPSA) is 67.1 Å². The molecular weight excluding hydrogens is 338 g/mol. The number of nitrogens with zero attached hydrogens (tertiary/aromatic N) is 2. The van der Waals surface area contributed by atoms with Gasteiger partial charge in [-0.2, -0.15) is 5.10 Å². The Labute approximate surface area is 151 Å². The summed E-state index contributed by atoms with van der Waals surface area (Å²) in [6.07, 6.45) is 1.52. The van der Waals surface area contributed by atoms with E-state index in [2.05, 4.69) is 15.4 Å². The molecule has 1 aliphatic rings. The van der Waals surface area contributed by atoms with E-state index in [1.807, 2.05) is 49.4 Å². The lowest BCUT2D eigenvalue weighted by molar-refractivity contribution is -0.120. The quantitative estimate of drug-likeness (QED) is 0.488. The first-order valence-electron chi connectivity index (χ1n) is 8.19. The van der Waals surface area contributed by atoms with Crippen LogP contribution in [0.2, 0.25) is 0 Å². The second-order valence-corrected chi connectivity index (χ2v) is 7.00. The van der Waals surface area contributed by atoms with Gasteiger partial charge in [0.05, 0.1) is 24.7 Å². The van der Waals surface area contributed by atoms with Crippen molar-refractivity contribution < 1.29 is 13.9 Å². The Morgan fingerprint density at radius 3 is 2.76 bits per heavy atom. The zero-order valence-corrected chi connectivity index (χ0v) is 14.9. The highest BCUT2D eigenvalue weighted by Crippen LogP contribution is 2.22. The van der Waals surface area contributed by atoms with Crippen molar-refractivity contribution in [2.45, 2.75) is 17.1 Å². The summed E-state index contributed by atoms with van der Waals surface area (Å²) in [6.45, 7) is 4.89. The number of hydrogen-bond acceptors (Lipinski definition) is 6. The molecule has 1 N–H and O–H groups in total. The molecule has 1 amide bonds. The molecule has 132 valence electrons. The third-order valence-electron chi connectivity index (χ3n) is 3.73. The number of ether oxygens (including phenoxy) is 1. The molecule has 1 fully saturated rings. The van der Waals surface area contributed by atoms with Crippen LogP contribution in [0, 0.1) is 0 Å². The van der Waals surface area contributed by atoms with Gasteiger partial charge in [0.25, 0.3) is 5.91 Å². The Bertz CT molecular complexity index is 711. The number of nitrogens with one attached hydrogen (secondary N) is 1. The molecule has 1 aromatic carbocycles. The SMILES string of the molecule is C[C@@H](Sc1ccccc1)C(=O)N/N=C\c1ccc(N2CCOCC2)o1. The molecular formula is C18H21N3O3S. The minimum atomic E-state index is -0.236. The summed E-state index contributed by atoms with van der Waals surface area (Å²) in [5.74, 6) is 1.25. The van der Waals surface area contributed by atoms with Crippen LogP contribution in [0.1, 0.15) is 12.7 Å². The van der Waals surface area contributed by atoms with E-state index in [9.17, 15) is 4.79 Å². The third kappa shape index (κ3) is 5.11. The van der Waals surface area contributed by atoms with Gasteiger partial charge in [-0.1, -0.05) is 18.2 Å². The maximum absolute atomic E-state index is 12.1. The van der Waals surface area contributed by atoms with Crippen molar-refractivity contribution in [3.8, 4) is 0 Å². The van der Waals surface area contributed by atoms with E-state index in [1.165, 1.54) is 18.0 Å². The second kappa shape index (κ2) is 8.73. The molecule has 0 radical (unpaired) electrons. The van der Waals surface area contributed by atoms with Gasteiger partial charge >= 0.3 is 0 Å². The molecule has 2 aromatic rings. The van der Waals surface area contributed by atoms with Gasteiger partial charge in [-0.15, -0.1) is 11.8 Å². The molecule has 1 aliphatic heterocycles. The maximum atomic E-state index is 12.1. The standard InChI is InChI=1S/C18H21N3O3S/c1-14(25-16-5-3-2-4-6-16)18(22)20-19-13-15-7-8-17(24-15)21-9-11-23-12-10-21/h2-8,13-14H,9-12H2,1H3,(H,20,22)/b19-13-/t14-/m1/s1. The average Bonchev–Trinajstić information content (AvgIpc) is 3.12. The van der Waals surface area contributed by atoms with Gasteiger partial charge in [0.2, 0.25) is 0 Å². The van der Waals surface area contributed by atoms with Crippen LogP contribution < -0.4 is 10.3 Å². The van der Waals surface area contributed by atoms with Crippen LogP contribution in [0.15, 0.2) is 56.9 Å². The summed E-state index contributed by atoms with van der Waals surface area (Å²) in [7, 11) is 0. The van der Waals surface area contributed by atoms with Crippen LogP contribution in [-0.2, 0) is 9.53 Å². The zero-order chi connectivity index (χ0) is 17.5. The highest BCUT2D eigenvalue weighted by atomic mass is 32.2. The van der Waals surface area contributed by atoms with Crippen LogP contribution in [0.25, 0.3) is 0 Å². The number of anilines is 1. The number of thioether (sulfide) groups is 1. The van der Waals surface area contributed by atoms with E-state index in [0.717, 1.165) is 23.9 Å². The number of hydrogen-bond donors (Lipinski definition) is 1.